The molecular formula is C29H60O. The molecule has 182 valence electrons. The van der Waals surface area contributed by atoms with Gasteiger partial charge in [0.1, 0.15) is 0 Å². The molecule has 1 heteroatoms. The van der Waals surface area contributed by atoms with Crippen molar-refractivity contribution in [1.29, 1.82) is 0 Å². The molecule has 0 aromatic rings. The minimum absolute atomic E-state index is 0.0648. The lowest BCUT2D eigenvalue weighted by atomic mass is 9.82. The van der Waals surface area contributed by atoms with Gasteiger partial charge in [0.05, 0.1) is 6.10 Å². The zero-order chi connectivity index (χ0) is 23.2. The summed E-state index contributed by atoms with van der Waals surface area (Å²) in [6, 6.07) is 0. The molecule has 0 heterocycles. The molecule has 0 aliphatic heterocycles. The predicted octanol–water partition coefficient (Wildman–Crippen LogP) is 10.1. The maximum absolute atomic E-state index is 8.67. The highest BCUT2D eigenvalue weighted by Gasteiger charge is 2.16. The standard InChI is InChI=1S/C15H28.C7H14.C5H12O.C2H6/c1-13(2)8-7-9-14(3)12-15-10-5-4-6-11-15;1-2-7-5-3-4-6-7;1-3-5(6)4-2;1-2/h14-15H,1,4-12H2,2-3H3;7H,2-6H2,1H3;5-6H,3-4H2,1-2H3;1-2H3. The van der Waals surface area contributed by atoms with Gasteiger partial charge in [-0.15, -0.1) is 6.58 Å². The van der Waals surface area contributed by atoms with E-state index in [1.807, 2.05) is 27.7 Å². The van der Waals surface area contributed by atoms with E-state index in [0.29, 0.717) is 0 Å². The summed E-state index contributed by atoms with van der Waals surface area (Å²) in [7, 11) is 0. The van der Waals surface area contributed by atoms with Gasteiger partial charge < -0.3 is 5.11 Å². The summed E-state index contributed by atoms with van der Waals surface area (Å²) in [5.41, 5.74) is 1.35. The fraction of sp³-hybridized carbons (Fsp3) is 0.931. The molecule has 0 amide bonds. The molecule has 1 unspecified atom stereocenters. The minimum atomic E-state index is -0.0648. The summed E-state index contributed by atoms with van der Waals surface area (Å²) in [6.45, 7) is 18.8. The average molecular weight is 425 g/mol. The Morgan fingerprint density at radius 1 is 0.867 bits per heavy atom. The van der Waals surface area contributed by atoms with Crippen molar-refractivity contribution in [1.82, 2.24) is 0 Å². The normalized spacial score (nSPS) is 17.8. The Balaban J connectivity index is 0. The van der Waals surface area contributed by atoms with E-state index in [9.17, 15) is 0 Å². The van der Waals surface area contributed by atoms with Crippen molar-refractivity contribution in [2.45, 2.75) is 157 Å². The van der Waals surface area contributed by atoms with Gasteiger partial charge in [-0.25, -0.2) is 0 Å². The SMILES string of the molecule is C=C(C)CCCC(C)CC1CCCCC1.CC.CCC(O)CC.CCC1CCCC1. The fourth-order valence-corrected chi connectivity index (χ4v) is 4.57. The largest absolute Gasteiger partial charge is 0.393 e. The number of rotatable bonds is 9. The number of hydrogen-bond donors (Lipinski definition) is 1. The molecule has 0 aromatic carbocycles. The molecular weight excluding hydrogens is 364 g/mol. The van der Waals surface area contributed by atoms with Gasteiger partial charge in [-0.1, -0.05) is 118 Å². The van der Waals surface area contributed by atoms with Crippen molar-refractivity contribution >= 4 is 0 Å². The molecule has 0 aromatic heterocycles. The first kappa shape index (κ1) is 31.9. The van der Waals surface area contributed by atoms with Gasteiger partial charge >= 0.3 is 0 Å². The van der Waals surface area contributed by atoms with Crippen molar-refractivity contribution in [3.8, 4) is 0 Å². The van der Waals surface area contributed by atoms with E-state index in [4.69, 9.17) is 5.11 Å². The van der Waals surface area contributed by atoms with E-state index in [-0.39, 0.29) is 6.10 Å². The minimum Gasteiger partial charge on any atom is -0.393 e. The quantitative estimate of drug-likeness (QED) is 0.365. The van der Waals surface area contributed by atoms with Crippen LogP contribution in [0.3, 0.4) is 0 Å². The first-order chi connectivity index (χ1) is 14.4. The summed E-state index contributed by atoms with van der Waals surface area (Å²) in [5, 5.41) is 8.67. The molecule has 0 bridgehead atoms. The molecule has 1 atom stereocenters. The summed E-state index contributed by atoms with van der Waals surface area (Å²) in [5.74, 6) is 3.09. The monoisotopic (exact) mass is 424 g/mol. The molecule has 2 saturated carbocycles. The second kappa shape index (κ2) is 23.4. The zero-order valence-corrected chi connectivity index (χ0v) is 22.3. The topological polar surface area (TPSA) is 20.2 Å². The van der Waals surface area contributed by atoms with Crippen molar-refractivity contribution in [2.24, 2.45) is 17.8 Å². The van der Waals surface area contributed by atoms with E-state index in [1.54, 1.807) is 0 Å². The van der Waals surface area contributed by atoms with Crippen LogP contribution in [0.1, 0.15) is 151 Å². The molecule has 30 heavy (non-hydrogen) atoms. The summed E-state index contributed by atoms with van der Waals surface area (Å²) in [4.78, 5) is 0. The van der Waals surface area contributed by atoms with Crippen molar-refractivity contribution in [3.63, 3.8) is 0 Å². The lowest BCUT2D eigenvalue weighted by Crippen LogP contribution is -2.10. The van der Waals surface area contributed by atoms with Crippen molar-refractivity contribution in [3.05, 3.63) is 12.2 Å². The van der Waals surface area contributed by atoms with Crippen LogP contribution in [0.5, 0.6) is 0 Å². The van der Waals surface area contributed by atoms with Gasteiger partial charge in [0.25, 0.3) is 0 Å². The van der Waals surface area contributed by atoms with E-state index in [1.165, 1.54) is 95.5 Å². The van der Waals surface area contributed by atoms with Gasteiger partial charge in [-0.05, 0) is 56.8 Å². The van der Waals surface area contributed by atoms with Gasteiger partial charge in [0.15, 0.2) is 0 Å². The Bertz CT molecular complexity index is 332. The van der Waals surface area contributed by atoms with Crippen LogP contribution in [0, 0.1) is 17.8 Å². The molecule has 1 nitrogen and oxygen atoms in total. The summed E-state index contributed by atoms with van der Waals surface area (Å²) >= 11 is 0. The Morgan fingerprint density at radius 2 is 1.33 bits per heavy atom. The van der Waals surface area contributed by atoms with Crippen LogP contribution < -0.4 is 0 Å². The molecule has 2 aliphatic carbocycles. The molecule has 2 aliphatic rings. The lowest BCUT2D eigenvalue weighted by Gasteiger charge is -2.24. The van der Waals surface area contributed by atoms with Crippen molar-refractivity contribution < 1.29 is 5.11 Å². The van der Waals surface area contributed by atoms with E-state index < -0.39 is 0 Å². The predicted molar refractivity (Wildman–Crippen MR) is 139 cm³/mol. The van der Waals surface area contributed by atoms with E-state index in [0.717, 1.165) is 30.6 Å². The van der Waals surface area contributed by atoms with Gasteiger partial charge in [0, 0.05) is 0 Å². The van der Waals surface area contributed by atoms with Crippen molar-refractivity contribution in [2.75, 3.05) is 0 Å². The number of hydrogen-bond acceptors (Lipinski definition) is 1. The first-order valence-corrected chi connectivity index (χ1v) is 13.7. The van der Waals surface area contributed by atoms with Crippen LogP contribution >= 0.6 is 0 Å². The maximum Gasteiger partial charge on any atom is 0.0535 e. The van der Waals surface area contributed by atoms with Gasteiger partial charge in [-0.3, -0.25) is 0 Å². The van der Waals surface area contributed by atoms with Gasteiger partial charge in [0.2, 0.25) is 0 Å². The fourth-order valence-electron chi connectivity index (χ4n) is 4.57. The summed E-state index contributed by atoms with van der Waals surface area (Å²) < 4.78 is 0. The molecule has 0 spiro atoms. The highest BCUT2D eigenvalue weighted by molar-refractivity contribution is 4.87. The highest BCUT2D eigenvalue weighted by Crippen LogP contribution is 2.30. The van der Waals surface area contributed by atoms with Crippen LogP contribution in [0.15, 0.2) is 12.2 Å². The smallest absolute Gasteiger partial charge is 0.0535 e. The second-order valence-corrected chi connectivity index (χ2v) is 9.72. The van der Waals surface area contributed by atoms with Crippen LogP contribution in [-0.2, 0) is 0 Å². The second-order valence-electron chi connectivity index (χ2n) is 9.72. The average Bonchev–Trinajstić information content (AvgIpc) is 3.30. The maximum atomic E-state index is 8.67. The Hall–Kier alpha value is -0.300. The Morgan fingerprint density at radius 3 is 1.70 bits per heavy atom. The molecule has 0 radical (unpaired) electrons. The Labute approximate surface area is 192 Å². The zero-order valence-electron chi connectivity index (χ0n) is 22.3. The Kier molecular flexibility index (Phi) is 24.8. The number of allylic oxidation sites excluding steroid dienone is 1. The van der Waals surface area contributed by atoms with Gasteiger partial charge in [-0.2, -0.15) is 0 Å². The molecule has 1 N–H and O–H groups in total. The lowest BCUT2D eigenvalue weighted by molar-refractivity contribution is 0.166. The van der Waals surface area contributed by atoms with E-state index >= 15 is 0 Å². The van der Waals surface area contributed by atoms with Crippen LogP contribution in [0.4, 0.5) is 0 Å². The highest BCUT2D eigenvalue weighted by atomic mass is 16.3. The first-order valence-electron chi connectivity index (χ1n) is 13.7. The van der Waals surface area contributed by atoms with E-state index in [2.05, 4.69) is 27.4 Å². The molecule has 0 saturated heterocycles. The van der Waals surface area contributed by atoms with Crippen LogP contribution in [0.25, 0.3) is 0 Å². The third-order valence-corrected chi connectivity index (χ3v) is 6.76. The number of aliphatic hydroxyl groups excluding tert-OH is 1. The third kappa shape index (κ3) is 21.0. The summed E-state index contributed by atoms with van der Waals surface area (Å²) in [6.07, 6.45) is 22.1. The third-order valence-electron chi connectivity index (χ3n) is 6.76. The molecule has 2 fully saturated rings. The van der Waals surface area contributed by atoms with Crippen LogP contribution in [0.2, 0.25) is 0 Å². The number of aliphatic hydroxyl groups is 1. The van der Waals surface area contributed by atoms with Crippen LogP contribution in [-0.4, -0.2) is 11.2 Å². The molecule has 2 rings (SSSR count).